The minimum Gasteiger partial charge on any atom is -0.482 e. The quantitative estimate of drug-likeness (QED) is 0.880. The lowest BCUT2D eigenvalue weighted by atomic mass is 10.1. The predicted molar refractivity (Wildman–Crippen MR) is 76.5 cm³/mol. The molecule has 1 aromatic rings. The highest BCUT2D eigenvalue weighted by Gasteiger charge is 2.24. The van der Waals surface area contributed by atoms with Crippen molar-refractivity contribution < 1.29 is 19.1 Å². The standard InChI is InChI=1S/C15H18N2O4/c1-9(12-3-2-6-20-12)16-15(19)10-4-5-11-13(7-10)21-8-14(18)17-11/h4-5,7,9,12H,2-3,6,8H2,1H3,(H,16,19)(H,17,18)/t9-,12-/m0/s1. The van der Waals surface area contributed by atoms with Crippen molar-refractivity contribution in [3.8, 4) is 5.75 Å². The molecule has 1 aromatic carbocycles. The van der Waals surface area contributed by atoms with Crippen molar-refractivity contribution in [3.05, 3.63) is 23.8 Å². The Morgan fingerprint density at radius 2 is 2.33 bits per heavy atom. The van der Waals surface area contributed by atoms with Crippen LogP contribution in [0.3, 0.4) is 0 Å². The van der Waals surface area contributed by atoms with Gasteiger partial charge >= 0.3 is 0 Å². The lowest BCUT2D eigenvalue weighted by Gasteiger charge is -2.21. The van der Waals surface area contributed by atoms with E-state index >= 15 is 0 Å². The van der Waals surface area contributed by atoms with Gasteiger partial charge in [-0.05, 0) is 38.0 Å². The first-order valence-corrected chi connectivity index (χ1v) is 7.12. The van der Waals surface area contributed by atoms with Crippen LogP contribution >= 0.6 is 0 Å². The molecule has 2 heterocycles. The summed E-state index contributed by atoms with van der Waals surface area (Å²) in [5, 5.41) is 5.64. The lowest BCUT2D eigenvalue weighted by Crippen LogP contribution is -2.40. The summed E-state index contributed by atoms with van der Waals surface area (Å²) in [5.74, 6) is 0.167. The zero-order valence-corrected chi connectivity index (χ0v) is 11.8. The Labute approximate surface area is 122 Å². The number of carbonyl (C=O) groups excluding carboxylic acids is 2. The minimum atomic E-state index is -0.188. The van der Waals surface area contributed by atoms with Crippen LogP contribution in [0.4, 0.5) is 5.69 Å². The first-order chi connectivity index (χ1) is 10.1. The van der Waals surface area contributed by atoms with Gasteiger partial charge in [-0.25, -0.2) is 0 Å². The maximum atomic E-state index is 12.3. The fraction of sp³-hybridized carbons (Fsp3) is 0.467. The van der Waals surface area contributed by atoms with Gasteiger partial charge in [-0.2, -0.15) is 0 Å². The van der Waals surface area contributed by atoms with Gasteiger partial charge in [0.15, 0.2) is 6.61 Å². The molecule has 0 aliphatic carbocycles. The molecule has 0 aromatic heterocycles. The summed E-state index contributed by atoms with van der Waals surface area (Å²) in [7, 11) is 0. The Hall–Kier alpha value is -2.08. The molecule has 1 saturated heterocycles. The van der Waals surface area contributed by atoms with Crippen LogP contribution in [0.2, 0.25) is 0 Å². The second kappa shape index (κ2) is 5.73. The fourth-order valence-corrected chi connectivity index (χ4v) is 2.60. The summed E-state index contributed by atoms with van der Waals surface area (Å²) in [6.07, 6.45) is 2.10. The summed E-state index contributed by atoms with van der Waals surface area (Å²) in [6.45, 7) is 2.69. The number of amides is 2. The van der Waals surface area contributed by atoms with Crippen LogP contribution in [0.5, 0.6) is 5.75 Å². The summed E-state index contributed by atoms with van der Waals surface area (Å²) in [6, 6.07) is 4.96. The van der Waals surface area contributed by atoms with Gasteiger partial charge in [-0.1, -0.05) is 0 Å². The molecule has 3 rings (SSSR count). The van der Waals surface area contributed by atoms with Crippen LogP contribution in [0.25, 0.3) is 0 Å². The van der Waals surface area contributed by atoms with Crippen molar-refractivity contribution in [1.82, 2.24) is 5.32 Å². The number of hydrogen-bond donors (Lipinski definition) is 2. The molecule has 6 heteroatoms. The first-order valence-electron chi connectivity index (χ1n) is 7.12. The van der Waals surface area contributed by atoms with Gasteiger partial charge < -0.3 is 20.1 Å². The topological polar surface area (TPSA) is 76.7 Å². The van der Waals surface area contributed by atoms with E-state index in [1.165, 1.54) is 0 Å². The van der Waals surface area contributed by atoms with Crippen LogP contribution < -0.4 is 15.4 Å². The Kier molecular flexibility index (Phi) is 3.79. The Morgan fingerprint density at radius 3 is 3.10 bits per heavy atom. The molecule has 2 N–H and O–H groups in total. The molecule has 6 nitrogen and oxygen atoms in total. The Bertz CT molecular complexity index is 567. The lowest BCUT2D eigenvalue weighted by molar-refractivity contribution is -0.118. The summed E-state index contributed by atoms with van der Waals surface area (Å²) < 4.78 is 10.9. The molecule has 1 fully saturated rings. The van der Waals surface area contributed by atoms with E-state index in [0.29, 0.717) is 17.0 Å². The smallest absolute Gasteiger partial charge is 0.262 e. The highest BCUT2D eigenvalue weighted by molar-refractivity contribution is 5.99. The second-order valence-electron chi connectivity index (χ2n) is 5.36. The van der Waals surface area contributed by atoms with E-state index in [9.17, 15) is 9.59 Å². The summed E-state index contributed by atoms with van der Waals surface area (Å²) >= 11 is 0. The van der Waals surface area contributed by atoms with Crippen molar-refractivity contribution in [2.45, 2.75) is 31.9 Å². The third-order valence-electron chi connectivity index (χ3n) is 3.76. The van der Waals surface area contributed by atoms with E-state index < -0.39 is 0 Å². The van der Waals surface area contributed by atoms with Crippen LogP contribution in [0.15, 0.2) is 18.2 Å². The van der Waals surface area contributed by atoms with E-state index in [0.717, 1.165) is 19.4 Å². The molecule has 0 bridgehead atoms. The van der Waals surface area contributed by atoms with E-state index in [2.05, 4.69) is 10.6 Å². The van der Waals surface area contributed by atoms with Crippen molar-refractivity contribution in [2.75, 3.05) is 18.5 Å². The molecule has 21 heavy (non-hydrogen) atoms. The van der Waals surface area contributed by atoms with E-state index in [4.69, 9.17) is 9.47 Å². The molecule has 0 unspecified atom stereocenters. The van der Waals surface area contributed by atoms with Crippen LogP contribution in [-0.2, 0) is 9.53 Å². The number of benzene rings is 1. The number of nitrogens with one attached hydrogen (secondary N) is 2. The molecule has 2 aliphatic rings. The van der Waals surface area contributed by atoms with Crippen LogP contribution in [-0.4, -0.2) is 37.2 Å². The molecule has 2 amide bonds. The van der Waals surface area contributed by atoms with Crippen molar-refractivity contribution in [3.63, 3.8) is 0 Å². The SMILES string of the molecule is C[C@H](NC(=O)c1ccc2c(c1)OCC(=O)N2)[C@@H]1CCCO1. The zero-order valence-electron chi connectivity index (χ0n) is 11.8. The van der Waals surface area contributed by atoms with Gasteiger partial charge in [0.2, 0.25) is 0 Å². The first kappa shape index (κ1) is 13.9. The minimum absolute atomic E-state index is 0.0234. The number of rotatable bonds is 3. The maximum Gasteiger partial charge on any atom is 0.262 e. The number of fused-ring (bicyclic) bond motifs is 1. The number of ether oxygens (including phenoxy) is 2. The molecular weight excluding hydrogens is 272 g/mol. The highest BCUT2D eigenvalue weighted by atomic mass is 16.5. The van der Waals surface area contributed by atoms with Crippen molar-refractivity contribution in [1.29, 1.82) is 0 Å². The van der Waals surface area contributed by atoms with Gasteiger partial charge in [0.05, 0.1) is 17.8 Å². The van der Waals surface area contributed by atoms with E-state index in [1.807, 2.05) is 6.92 Å². The summed E-state index contributed by atoms with van der Waals surface area (Å²) in [5.41, 5.74) is 1.10. The van der Waals surface area contributed by atoms with Gasteiger partial charge in [0, 0.05) is 12.2 Å². The third-order valence-corrected chi connectivity index (χ3v) is 3.76. The molecule has 2 aliphatic heterocycles. The largest absolute Gasteiger partial charge is 0.482 e. The average molecular weight is 290 g/mol. The second-order valence-corrected chi connectivity index (χ2v) is 5.36. The van der Waals surface area contributed by atoms with Crippen LogP contribution in [0.1, 0.15) is 30.1 Å². The average Bonchev–Trinajstić information content (AvgIpc) is 3.01. The number of anilines is 1. The number of hydrogen-bond acceptors (Lipinski definition) is 4. The molecule has 0 saturated carbocycles. The monoisotopic (exact) mass is 290 g/mol. The van der Waals surface area contributed by atoms with Crippen LogP contribution in [0, 0.1) is 0 Å². The Balaban J connectivity index is 1.68. The van der Waals surface area contributed by atoms with E-state index in [1.54, 1.807) is 18.2 Å². The molecule has 2 atom stereocenters. The molecule has 0 spiro atoms. The Morgan fingerprint density at radius 1 is 1.48 bits per heavy atom. The molecular formula is C15H18N2O4. The molecule has 0 radical (unpaired) electrons. The fourth-order valence-electron chi connectivity index (χ4n) is 2.60. The van der Waals surface area contributed by atoms with Crippen molar-refractivity contribution in [2.24, 2.45) is 0 Å². The van der Waals surface area contributed by atoms with Gasteiger partial charge in [0.25, 0.3) is 11.8 Å². The predicted octanol–water partition coefficient (Wildman–Crippen LogP) is 1.31. The van der Waals surface area contributed by atoms with Gasteiger partial charge in [-0.15, -0.1) is 0 Å². The van der Waals surface area contributed by atoms with E-state index in [-0.39, 0.29) is 30.6 Å². The third kappa shape index (κ3) is 3.00. The maximum absolute atomic E-state index is 12.3. The van der Waals surface area contributed by atoms with Gasteiger partial charge in [0.1, 0.15) is 5.75 Å². The van der Waals surface area contributed by atoms with Gasteiger partial charge in [-0.3, -0.25) is 9.59 Å². The number of carbonyl (C=O) groups is 2. The summed E-state index contributed by atoms with van der Waals surface area (Å²) in [4.78, 5) is 23.5. The highest BCUT2D eigenvalue weighted by Crippen LogP contribution is 2.28. The van der Waals surface area contributed by atoms with Crippen molar-refractivity contribution >= 4 is 17.5 Å². The zero-order chi connectivity index (χ0) is 14.8. The normalized spacial score (nSPS) is 22.0. The molecule has 112 valence electrons.